The number of esters is 1. The van der Waals surface area contributed by atoms with Gasteiger partial charge in [0.25, 0.3) is 5.95 Å². The average Bonchev–Trinajstić information content (AvgIpc) is 2.19. The SMILES string of the molecule is CCOC1=C(Br)C(Br)C(=O)O1. The second-order valence-electron chi connectivity index (χ2n) is 1.85. The molecule has 0 saturated carbocycles. The van der Waals surface area contributed by atoms with E-state index in [0.29, 0.717) is 11.1 Å². The van der Waals surface area contributed by atoms with Crippen LogP contribution in [0.25, 0.3) is 0 Å². The van der Waals surface area contributed by atoms with Crippen molar-refractivity contribution in [1.29, 1.82) is 0 Å². The van der Waals surface area contributed by atoms with Crippen molar-refractivity contribution >= 4 is 37.8 Å². The van der Waals surface area contributed by atoms with Gasteiger partial charge in [-0.1, -0.05) is 15.9 Å². The van der Waals surface area contributed by atoms with Crippen molar-refractivity contribution in [1.82, 2.24) is 0 Å². The largest absolute Gasteiger partial charge is 0.465 e. The lowest BCUT2D eigenvalue weighted by molar-refractivity contribution is -0.140. The van der Waals surface area contributed by atoms with E-state index in [1.165, 1.54) is 0 Å². The van der Waals surface area contributed by atoms with Crippen molar-refractivity contribution in [2.24, 2.45) is 0 Å². The van der Waals surface area contributed by atoms with Crippen molar-refractivity contribution in [3.05, 3.63) is 10.4 Å². The van der Waals surface area contributed by atoms with E-state index in [9.17, 15) is 4.79 Å². The second kappa shape index (κ2) is 3.58. The molecule has 0 fully saturated rings. The second-order valence-corrected chi connectivity index (χ2v) is 3.62. The van der Waals surface area contributed by atoms with E-state index in [1.54, 1.807) is 0 Å². The molecule has 1 rings (SSSR count). The van der Waals surface area contributed by atoms with Crippen molar-refractivity contribution in [3.8, 4) is 0 Å². The highest BCUT2D eigenvalue weighted by atomic mass is 79.9. The quantitative estimate of drug-likeness (QED) is 0.574. The topological polar surface area (TPSA) is 35.5 Å². The van der Waals surface area contributed by atoms with Crippen molar-refractivity contribution in [2.75, 3.05) is 6.61 Å². The minimum atomic E-state index is -0.413. The van der Waals surface area contributed by atoms with Gasteiger partial charge in [-0.3, -0.25) is 0 Å². The number of cyclic esters (lactones) is 1. The van der Waals surface area contributed by atoms with Gasteiger partial charge in [0, 0.05) is 0 Å². The Kier molecular flexibility index (Phi) is 2.95. The monoisotopic (exact) mass is 284 g/mol. The number of rotatable bonds is 2. The highest BCUT2D eigenvalue weighted by molar-refractivity contribution is 9.14. The smallest absolute Gasteiger partial charge is 0.332 e. The molecule has 0 aromatic heterocycles. The first-order chi connectivity index (χ1) is 5.16. The van der Waals surface area contributed by atoms with Crippen molar-refractivity contribution in [3.63, 3.8) is 0 Å². The lowest BCUT2D eigenvalue weighted by Crippen LogP contribution is -2.07. The molecule has 5 heteroatoms. The Morgan fingerprint density at radius 3 is 2.73 bits per heavy atom. The van der Waals surface area contributed by atoms with E-state index < -0.39 is 4.83 Å². The lowest BCUT2D eigenvalue weighted by atomic mass is 10.5. The van der Waals surface area contributed by atoms with Crippen LogP contribution < -0.4 is 0 Å². The van der Waals surface area contributed by atoms with Gasteiger partial charge in [-0.05, 0) is 22.9 Å². The van der Waals surface area contributed by atoms with Crippen LogP contribution in [0.3, 0.4) is 0 Å². The van der Waals surface area contributed by atoms with E-state index in [2.05, 4.69) is 31.9 Å². The Hall–Kier alpha value is -0.0300. The van der Waals surface area contributed by atoms with Crippen LogP contribution >= 0.6 is 31.9 Å². The average molecular weight is 286 g/mol. The molecule has 62 valence electrons. The number of carbonyl (C=O) groups excluding carboxylic acids is 1. The van der Waals surface area contributed by atoms with Crippen molar-refractivity contribution in [2.45, 2.75) is 11.8 Å². The maximum Gasteiger partial charge on any atom is 0.332 e. The molecule has 0 aromatic carbocycles. The molecule has 1 aliphatic heterocycles. The summed E-state index contributed by atoms with van der Waals surface area (Å²) in [5, 5.41) is 0. The molecule has 0 amide bonds. The third kappa shape index (κ3) is 1.76. The maximum atomic E-state index is 10.8. The lowest BCUT2D eigenvalue weighted by Gasteiger charge is -2.00. The fraction of sp³-hybridized carbons (Fsp3) is 0.500. The van der Waals surface area contributed by atoms with Crippen LogP contribution in [-0.2, 0) is 14.3 Å². The molecular weight excluding hydrogens is 280 g/mol. The molecule has 0 bridgehead atoms. The molecule has 11 heavy (non-hydrogen) atoms. The molecule has 1 atom stereocenters. The fourth-order valence-electron chi connectivity index (χ4n) is 0.628. The first kappa shape index (κ1) is 9.06. The molecule has 0 saturated heterocycles. The zero-order valence-corrected chi connectivity index (χ0v) is 8.94. The van der Waals surface area contributed by atoms with Crippen LogP contribution in [0.5, 0.6) is 0 Å². The number of hydrogen-bond donors (Lipinski definition) is 0. The van der Waals surface area contributed by atoms with E-state index in [1.807, 2.05) is 6.92 Å². The fourth-order valence-corrected chi connectivity index (χ4v) is 1.29. The summed E-state index contributed by atoms with van der Waals surface area (Å²) in [6.07, 6.45) is 0. The Balaban J connectivity index is 2.72. The zero-order valence-electron chi connectivity index (χ0n) is 5.77. The molecule has 1 heterocycles. The summed E-state index contributed by atoms with van der Waals surface area (Å²) in [5.41, 5.74) is 0. The summed E-state index contributed by atoms with van der Waals surface area (Å²) in [6, 6.07) is 0. The molecule has 0 radical (unpaired) electrons. The summed E-state index contributed by atoms with van der Waals surface area (Å²) in [5.74, 6) is -0.0836. The van der Waals surface area contributed by atoms with Crippen molar-refractivity contribution < 1.29 is 14.3 Å². The van der Waals surface area contributed by atoms with E-state index in [-0.39, 0.29) is 11.9 Å². The minimum absolute atomic E-state index is 0.263. The van der Waals surface area contributed by atoms with Crippen LogP contribution in [0.4, 0.5) is 0 Å². The van der Waals surface area contributed by atoms with Gasteiger partial charge < -0.3 is 9.47 Å². The van der Waals surface area contributed by atoms with Crippen LogP contribution in [0.2, 0.25) is 0 Å². The summed E-state index contributed by atoms with van der Waals surface area (Å²) in [7, 11) is 0. The number of halogens is 2. The van der Waals surface area contributed by atoms with Gasteiger partial charge in [0.05, 0.1) is 6.61 Å². The third-order valence-electron chi connectivity index (χ3n) is 1.09. The molecule has 0 spiro atoms. The first-order valence-electron chi connectivity index (χ1n) is 3.05. The molecule has 0 aliphatic carbocycles. The number of alkyl halides is 1. The number of ether oxygens (including phenoxy) is 2. The Labute approximate surface area is 81.0 Å². The third-order valence-corrected chi connectivity index (χ3v) is 3.32. The summed E-state index contributed by atoms with van der Waals surface area (Å²) >= 11 is 6.29. The van der Waals surface area contributed by atoms with Crippen LogP contribution in [-0.4, -0.2) is 17.4 Å². The Morgan fingerprint density at radius 1 is 1.73 bits per heavy atom. The number of carbonyl (C=O) groups is 1. The highest BCUT2D eigenvalue weighted by Crippen LogP contribution is 2.31. The minimum Gasteiger partial charge on any atom is -0.465 e. The van der Waals surface area contributed by atoms with Gasteiger partial charge in [0.2, 0.25) is 0 Å². The van der Waals surface area contributed by atoms with Crippen LogP contribution in [0, 0.1) is 0 Å². The maximum absolute atomic E-state index is 10.8. The van der Waals surface area contributed by atoms with Gasteiger partial charge >= 0.3 is 5.97 Å². The normalized spacial score (nSPS) is 23.9. The standard InChI is InChI=1S/C6H6Br2O3/c1-2-10-6-4(8)3(7)5(9)11-6/h3H,2H2,1H3. The zero-order chi connectivity index (χ0) is 8.43. The van der Waals surface area contributed by atoms with E-state index >= 15 is 0 Å². The van der Waals surface area contributed by atoms with Gasteiger partial charge in [-0.2, -0.15) is 0 Å². The van der Waals surface area contributed by atoms with Crippen LogP contribution in [0.1, 0.15) is 6.92 Å². The van der Waals surface area contributed by atoms with Crippen LogP contribution in [0.15, 0.2) is 10.4 Å². The summed E-state index contributed by atoms with van der Waals surface area (Å²) in [4.78, 5) is 10.4. The molecule has 0 N–H and O–H groups in total. The summed E-state index contributed by atoms with van der Waals surface area (Å²) < 4.78 is 10.4. The van der Waals surface area contributed by atoms with Gasteiger partial charge in [0.1, 0.15) is 4.48 Å². The predicted octanol–water partition coefficient (Wildman–Crippen LogP) is 1.91. The molecule has 1 aliphatic rings. The number of hydrogen-bond acceptors (Lipinski definition) is 3. The molecule has 0 aromatic rings. The molecule has 1 unspecified atom stereocenters. The Bertz CT molecular complexity index is 212. The predicted molar refractivity (Wildman–Crippen MR) is 46.4 cm³/mol. The van der Waals surface area contributed by atoms with Gasteiger partial charge in [-0.15, -0.1) is 0 Å². The first-order valence-corrected chi connectivity index (χ1v) is 4.76. The summed E-state index contributed by atoms with van der Waals surface area (Å²) in [6.45, 7) is 2.31. The molecular formula is C6H6Br2O3. The van der Waals surface area contributed by atoms with Gasteiger partial charge in [-0.25, -0.2) is 4.79 Å². The molecule has 3 nitrogen and oxygen atoms in total. The van der Waals surface area contributed by atoms with E-state index in [0.717, 1.165) is 0 Å². The highest BCUT2D eigenvalue weighted by Gasteiger charge is 2.33. The van der Waals surface area contributed by atoms with Gasteiger partial charge in [0.15, 0.2) is 4.83 Å². The van der Waals surface area contributed by atoms with E-state index in [4.69, 9.17) is 9.47 Å². The Morgan fingerprint density at radius 2 is 2.36 bits per heavy atom.